The Labute approximate surface area is 124 Å². The molecule has 1 saturated carbocycles. The minimum absolute atomic E-state index is 0.0128. The summed E-state index contributed by atoms with van der Waals surface area (Å²) in [7, 11) is 0. The number of likely N-dealkylation sites (tertiary alicyclic amines) is 1. The molecular formula is C15H22N4O2. The topological polar surface area (TPSA) is 67.4 Å². The normalized spacial score (nSPS) is 23.0. The van der Waals surface area contributed by atoms with Crippen LogP contribution in [0.15, 0.2) is 18.6 Å². The van der Waals surface area contributed by atoms with Gasteiger partial charge < -0.3 is 15.0 Å². The maximum Gasteiger partial charge on any atom is 0.317 e. The van der Waals surface area contributed by atoms with Gasteiger partial charge in [0.2, 0.25) is 5.88 Å². The maximum atomic E-state index is 12.2. The van der Waals surface area contributed by atoms with Crippen molar-refractivity contribution in [2.45, 2.75) is 50.7 Å². The SMILES string of the molecule is O=C(NC1CCCCC1)N1CCC(Oc2cnccn2)C1. The molecule has 2 fully saturated rings. The summed E-state index contributed by atoms with van der Waals surface area (Å²) in [5.41, 5.74) is 0. The van der Waals surface area contributed by atoms with E-state index in [1.807, 2.05) is 4.90 Å². The van der Waals surface area contributed by atoms with Crippen molar-refractivity contribution in [1.29, 1.82) is 0 Å². The number of ether oxygens (including phenoxy) is 1. The predicted molar refractivity (Wildman–Crippen MR) is 78.0 cm³/mol. The molecule has 3 rings (SSSR count). The average molecular weight is 290 g/mol. The molecule has 0 aromatic carbocycles. The number of nitrogens with one attached hydrogen (secondary N) is 1. The molecule has 2 heterocycles. The van der Waals surface area contributed by atoms with E-state index in [1.54, 1.807) is 18.6 Å². The number of carbonyl (C=O) groups excluding carboxylic acids is 1. The number of carbonyl (C=O) groups is 1. The standard InChI is InChI=1S/C15H22N4O2/c20-15(18-12-4-2-1-3-5-12)19-9-6-13(11-19)21-14-10-16-7-8-17-14/h7-8,10,12-13H,1-6,9,11H2,(H,18,20). The molecule has 1 saturated heterocycles. The minimum atomic E-state index is 0.0128. The van der Waals surface area contributed by atoms with Crippen molar-refractivity contribution in [2.75, 3.05) is 13.1 Å². The Bertz CT molecular complexity index is 462. The van der Waals surface area contributed by atoms with Gasteiger partial charge in [-0.2, -0.15) is 0 Å². The van der Waals surface area contributed by atoms with E-state index in [2.05, 4.69) is 15.3 Å². The number of aromatic nitrogens is 2. The third-order valence-corrected chi connectivity index (χ3v) is 4.19. The van der Waals surface area contributed by atoms with Crippen LogP contribution in [0, 0.1) is 0 Å². The zero-order chi connectivity index (χ0) is 14.5. The fraction of sp³-hybridized carbons (Fsp3) is 0.667. The second kappa shape index (κ2) is 6.74. The number of nitrogens with zero attached hydrogens (tertiary/aromatic N) is 3. The summed E-state index contributed by atoms with van der Waals surface area (Å²) in [5, 5.41) is 3.15. The van der Waals surface area contributed by atoms with Crippen molar-refractivity contribution in [3.8, 4) is 5.88 Å². The first-order valence-electron chi connectivity index (χ1n) is 7.79. The number of hydrogen-bond donors (Lipinski definition) is 1. The maximum absolute atomic E-state index is 12.2. The average Bonchev–Trinajstić information content (AvgIpc) is 2.98. The van der Waals surface area contributed by atoms with Crippen LogP contribution in [-0.4, -0.2) is 46.1 Å². The van der Waals surface area contributed by atoms with Crippen molar-refractivity contribution in [2.24, 2.45) is 0 Å². The highest BCUT2D eigenvalue weighted by atomic mass is 16.5. The highest BCUT2D eigenvalue weighted by Crippen LogP contribution is 2.19. The van der Waals surface area contributed by atoms with E-state index in [-0.39, 0.29) is 12.1 Å². The summed E-state index contributed by atoms with van der Waals surface area (Å²) in [5.74, 6) is 0.525. The van der Waals surface area contributed by atoms with Crippen LogP contribution in [0.3, 0.4) is 0 Å². The largest absolute Gasteiger partial charge is 0.471 e. The van der Waals surface area contributed by atoms with Crippen molar-refractivity contribution >= 4 is 6.03 Å². The zero-order valence-corrected chi connectivity index (χ0v) is 12.2. The molecule has 1 aromatic rings. The molecule has 6 nitrogen and oxygen atoms in total. The first kappa shape index (κ1) is 14.1. The van der Waals surface area contributed by atoms with Crippen molar-refractivity contribution in [1.82, 2.24) is 20.2 Å². The first-order valence-corrected chi connectivity index (χ1v) is 7.79. The van der Waals surface area contributed by atoms with Gasteiger partial charge in [-0.3, -0.25) is 4.98 Å². The summed E-state index contributed by atoms with van der Waals surface area (Å²) in [6, 6.07) is 0.401. The molecular weight excluding hydrogens is 268 g/mol. The number of hydrogen-bond acceptors (Lipinski definition) is 4. The van der Waals surface area contributed by atoms with Gasteiger partial charge in [0.05, 0.1) is 12.7 Å². The van der Waals surface area contributed by atoms with E-state index in [0.29, 0.717) is 18.5 Å². The van der Waals surface area contributed by atoms with Gasteiger partial charge in [-0.05, 0) is 12.8 Å². The number of rotatable bonds is 3. The van der Waals surface area contributed by atoms with Crippen LogP contribution in [-0.2, 0) is 0 Å². The molecule has 2 aliphatic rings. The van der Waals surface area contributed by atoms with Crippen LogP contribution in [0.5, 0.6) is 5.88 Å². The van der Waals surface area contributed by atoms with Gasteiger partial charge in [-0.25, -0.2) is 9.78 Å². The Balaban J connectivity index is 1.46. The quantitative estimate of drug-likeness (QED) is 0.924. The minimum Gasteiger partial charge on any atom is -0.471 e. The Morgan fingerprint density at radius 2 is 2.10 bits per heavy atom. The van der Waals surface area contributed by atoms with Gasteiger partial charge in [0.25, 0.3) is 0 Å². The van der Waals surface area contributed by atoms with Gasteiger partial charge in [0.15, 0.2) is 0 Å². The second-order valence-electron chi connectivity index (χ2n) is 5.80. The van der Waals surface area contributed by atoms with E-state index in [0.717, 1.165) is 25.8 Å². The zero-order valence-electron chi connectivity index (χ0n) is 12.2. The van der Waals surface area contributed by atoms with Gasteiger partial charge in [0.1, 0.15) is 6.10 Å². The molecule has 1 N–H and O–H groups in total. The first-order chi connectivity index (χ1) is 10.3. The molecule has 0 radical (unpaired) electrons. The van der Waals surface area contributed by atoms with Crippen LogP contribution in [0.1, 0.15) is 38.5 Å². The third kappa shape index (κ3) is 3.83. The molecule has 0 spiro atoms. The number of urea groups is 1. The Morgan fingerprint density at radius 3 is 2.86 bits per heavy atom. The van der Waals surface area contributed by atoms with E-state index < -0.39 is 0 Å². The summed E-state index contributed by atoms with van der Waals surface area (Å²) in [4.78, 5) is 22.2. The summed E-state index contributed by atoms with van der Waals surface area (Å²) in [6.07, 6.45) is 11.6. The Morgan fingerprint density at radius 1 is 1.24 bits per heavy atom. The van der Waals surface area contributed by atoms with E-state index in [4.69, 9.17) is 4.74 Å². The predicted octanol–water partition coefficient (Wildman–Crippen LogP) is 1.97. The molecule has 1 atom stereocenters. The van der Waals surface area contributed by atoms with Gasteiger partial charge >= 0.3 is 6.03 Å². The van der Waals surface area contributed by atoms with Crippen LogP contribution in [0.2, 0.25) is 0 Å². The third-order valence-electron chi connectivity index (χ3n) is 4.19. The lowest BCUT2D eigenvalue weighted by Gasteiger charge is -2.26. The molecule has 6 heteroatoms. The second-order valence-corrected chi connectivity index (χ2v) is 5.80. The lowest BCUT2D eigenvalue weighted by Crippen LogP contribution is -2.45. The Hall–Kier alpha value is -1.85. The van der Waals surface area contributed by atoms with E-state index in [1.165, 1.54) is 19.3 Å². The smallest absolute Gasteiger partial charge is 0.317 e. The van der Waals surface area contributed by atoms with Gasteiger partial charge in [-0.15, -0.1) is 0 Å². The van der Waals surface area contributed by atoms with Crippen LogP contribution < -0.4 is 10.1 Å². The lowest BCUT2D eigenvalue weighted by atomic mass is 9.96. The van der Waals surface area contributed by atoms with Crippen LogP contribution in [0.4, 0.5) is 4.79 Å². The molecule has 21 heavy (non-hydrogen) atoms. The molecule has 0 bridgehead atoms. The fourth-order valence-corrected chi connectivity index (χ4v) is 3.04. The molecule has 1 aliphatic carbocycles. The Kier molecular flexibility index (Phi) is 4.52. The summed E-state index contributed by atoms with van der Waals surface area (Å²) in [6.45, 7) is 1.36. The number of amides is 2. The van der Waals surface area contributed by atoms with Crippen molar-refractivity contribution < 1.29 is 9.53 Å². The summed E-state index contributed by atoms with van der Waals surface area (Å²) < 4.78 is 5.75. The lowest BCUT2D eigenvalue weighted by molar-refractivity contribution is 0.178. The van der Waals surface area contributed by atoms with E-state index >= 15 is 0 Å². The molecule has 1 aliphatic heterocycles. The van der Waals surface area contributed by atoms with Gasteiger partial charge in [-0.1, -0.05) is 19.3 Å². The van der Waals surface area contributed by atoms with E-state index in [9.17, 15) is 4.79 Å². The van der Waals surface area contributed by atoms with Crippen molar-refractivity contribution in [3.63, 3.8) is 0 Å². The fourth-order valence-electron chi connectivity index (χ4n) is 3.04. The summed E-state index contributed by atoms with van der Waals surface area (Å²) >= 11 is 0. The monoisotopic (exact) mass is 290 g/mol. The molecule has 114 valence electrons. The highest BCUT2D eigenvalue weighted by Gasteiger charge is 2.29. The van der Waals surface area contributed by atoms with Crippen LogP contribution in [0.25, 0.3) is 0 Å². The molecule has 1 aromatic heterocycles. The van der Waals surface area contributed by atoms with Gasteiger partial charge in [0, 0.05) is 31.4 Å². The van der Waals surface area contributed by atoms with Crippen LogP contribution >= 0.6 is 0 Å². The van der Waals surface area contributed by atoms with Crippen molar-refractivity contribution in [3.05, 3.63) is 18.6 Å². The molecule has 1 unspecified atom stereocenters. The molecule has 2 amide bonds. The highest BCUT2D eigenvalue weighted by molar-refractivity contribution is 5.74.